The third-order valence-electron chi connectivity index (χ3n) is 10.6. The smallest absolute Gasteiger partial charge is 0.177 e. The van der Waals surface area contributed by atoms with E-state index >= 15 is 0 Å². The number of methoxy groups -OCH3 is 1. The van der Waals surface area contributed by atoms with Crippen molar-refractivity contribution in [2.24, 2.45) is 11.8 Å². The van der Waals surface area contributed by atoms with Gasteiger partial charge in [0, 0.05) is 36.2 Å². The highest BCUT2D eigenvalue weighted by molar-refractivity contribution is 5.93. The lowest BCUT2D eigenvalue weighted by Gasteiger charge is -2.61. The maximum absolute atomic E-state index is 13.6. The van der Waals surface area contributed by atoms with Crippen LogP contribution in [0, 0.1) is 11.8 Å². The second kappa shape index (κ2) is 8.76. The molecule has 5 heteroatoms. The minimum atomic E-state index is -0.812. The molecule has 0 unspecified atom stereocenters. The van der Waals surface area contributed by atoms with Crippen molar-refractivity contribution in [1.82, 2.24) is 4.90 Å². The van der Waals surface area contributed by atoms with Gasteiger partial charge in [0.2, 0.25) is 0 Å². The second-order valence-corrected chi connectivity index (χ2v) is 12.2. The van der Waals surface area contributed by atoms with E-state index in [-0.39, 0.29) is 11.2 Å². The van der Waals surface area contributed by atoms with Crippen molar-refractivity contribution in [3.8, 4) is 17.2 Å². The molecular formula is C32H39NO4. The van der Waals surface area contributed by atoms with E-state index in [1.54, 1.807) is 7.11 Å². The van der Waals surface area contributed by atoms with Gasteiger partial charge in [-0.1, -0.05) is 36.8 Å². The van der Waals surface area contributed by atoms with Crippen molar-refractivity contribution in [3.63, 3.8) is 0 Å². The van der Waals surface area contributed by atoms with Crippen LogP contribution in [0.25, 0.3) is 0 Å². The topological polar surface area (TPSA) is 48.0 Å². The lowest BCUT2D eigenvalue weighted by Crippen LogP contribution is -2.71. The first-order chi connectivity index (χ1) is 18.0. The largest absolute Gasteiger partial charge is 0.493 e. The van der Waals surface area contributed by atoms with Crippen LogP contribution in [0.2, 0.25) is 0 Å². The second-order valence-electron chi connectivity index (χ2n) is 12.2. The van der Waals surface area contributed by atoms with Gasteiger partial charge in [-0.05, 0) is 75.8 Å². The molecule has 2 aliphatic heterocycles. The van der Waals surface area contributed by atoms with Gasteiger partial charge in [0.05, 0.1) is 19.1 Å². The number of rotatable bonds is 8. The highest BCUT2D eigenvalue weighted by Crippen LogP contribution is 2.68. The standard InChI is InChI=1S/C32H39NO4/c1-31-28(34)14-13-24-25-18-23-26(36-17-7-12-21-8-4-3-5-9-21)19-27(35-2)30(37-31)29(23)32(24,31)15-16-33(25)20-22-10-6-11-22/h3-5,8-9,19,22,24-25H,6-7,10-18,20H2,1-2H3/t24-,25+,31-,32-/m0/s1. The van der Waals surface area contributed by atoms with Gasteiger partial charge in [-0.3, -0.25) is 9.69 Å². The molecule has 2 heterocycles. The summed E-state index contributed by atoms with van der Waals surface area (Å²) in [6.07, 6.45) is 9.61. The average Bonchev–Trinajstić information content (AvgIpc) is 3.16. The maximum Gasteiger partial charge on any atom is 0.177 e. The van der Waals surface area contributed by atoms with Crippen LogP contribution >= 0.6 is 0 Å². The summed E-state index contributed by atoms with van der Waals surface area (Å²) >= 11 is 0. The summed E-state index contributed by atoms with van der Waals surface area (Å²) in [5, 5.41) is 0. The zero-order chi connectivity index (χ0) is 25.2. The number of carbonyl (C=O) groups is 1. The number of piperidine rings is 1. The van der Waals surface area contributed by atoms with Crippen LogP contribution in [-0.4, -0.2) is 49.1 Å². The summed E-state index contributed by atoms with van der Waals surface area (Å²) < 4.78 is 19.2. The van der Waals surface area contributed by atoms with Gasteiger partial charge in [-0.2, -0.15) is 0 Å². The molecule has 7 rings (SSSR count). The van der Waals surface area contributed by atoms with Crippen molar-refractivity contribution >= 4 is 5.78 Å². The van der Waals surface area contributed by atoms with Crippen LogP contribution in [0.15, 0.2) is 36.4 Å². The molecule has 3 aliphatic carbocycles. The fourth-order valence-electron chi connectivity index (χ4n) is 8.49. The van der Waals surface area contributed by atoms with Crippen molar-refractivity contribution < 1.29 is 19.0 Å². The van der Waals surface area contributed by atoms with Gasteiger partial charge >= 0.3 is 0 Å². The number of hydrogen-bond acceptors (Lipinski definition) is 5. The summed E-state index contributed by atoms with van der Waals surface area (Å²) in [5.74, 6) is 3.99. The van der Waals surface area contributed by atoms with Crippen LogP contribution in [0.1, 0.15) is 68.6 Å². The molecule has 3 fully saturated rings. The Balaban J connectivity index is 1.26. The minimum Gasteiger partial charge on any atom is -0.493 e. The zero-order valence-electron chi connectivity index (χ0n) is 22.3. The summed E-state index contributed by atoms with van der Waals surface area (Å²) in [6.45, 7) is 4.99. The zero-order valence-corrected chi connectivity index (χ0v) is 22.3. The van der Waals surface area contributed by atoms with Crippen LogP contribution in [0.4, 0.5) is 0 Å². The molecule has 1 spiro atoms. The number of nitrogens with zero attached hydrogens (tertiary/aromatic N) is 1. The molecular weight excluding hydrogens is 462 g/mol. The average molecular weight is 502 g/mol. The van der Waals surface area contributed by atoms with Crippen LogP contribution in [0.3, 0.4) is 0 Å². The Hall–Kier alpha value is -2.53. The Morgan fingerprint density at radius 1 is 1.14 bits per heavy atom. The number of benzene rings is 2. The maximum atomic E-state index is 13.6. The third-order valence-corrected chi connectivity index (χ3v) is 10.6. The van der Waals surface area contributed by atoms with E-state index in [9.17, 15) is 4.79 Å². The van der Waals surface area contributed by atoms with Crippen molar-refractivity contribution in [1.29, 1.82) is 0 Å². The number of ketones is 1. The van der Waals surface area contributed by atoms with Crippen molar-refractivity contribution in [2.45, 2.75) is 81.8 Å². The number of ether oxygens (including phenoxy) is 3. The molecule has 0 aromatic heterocycles. The summed E-state index contributed by atoms with van der Waals surface area (Å²) in [6, 6.07) is 13.1. The van der Waals surface area contributed by atoms with Gasteiger partial charge in [0.15, 0.2) is 22.9 Å². The number of Topliss-reactive ketones (excluding diaryl/α,β-unsaturated/α-hetero) is 1. The van der Waals surface area contributed by atoms with Gasteiger partial charge in [0.25, 0.3) is 0 Å². The van der Waals surface area contributed by atoms with E-state index in [2.05, 4.69) is 42.2 Å². The van der Waals surface area contributed by atoms with Gasteiger partial charge in [0.1, 0.15) is 5.75 Å². The molecule has 2 bridgehead atoms. The molecule has 0 amide bonds. The third kappa shape index (κ3) is 3.35. The SMILES string of the molecule is COc1cc(OCCCc2ccccc2)c2c3c1O[C@@]1(C)C(=O)CC[C@H]4[C@@H](C2)N(CC2CCC2)CC[C@@]341. The Morgan fingerprint density at radius 2 is 1.97 bits per heavy atom. The molecule has 0 N–H and O–H groups in total. The highest BCUT2D eigenvalue weighted by Gasteiger charge is 2.72. The summed E-state index contributed by atoms with van der Waals surface area (Å²) in [7, 11) is 1.70. The van der Waals surface area contributed by atoms with Gasteiger partial charge in [-0.25, -0.2) is 0 Å². The number of carbonyl (C=O) groups excluding carboxylic acids is 1. The van der Waals surface area contributed by atoms with E-state index < -0.39 is 5.60 Å². The van der Waals surface area contributed by atoms with Gasteiger partial charge in [-0.15, -0.1) is 0 Å². The molecule has 5 nitrogen and oxygen atoms in total. The predicted octanol–water partition coefficient (Wildman–Crippen LogP) is 5.51. The first-order valence-electron chi connectivity index (χ1n) is 14.4. The lowest BCUT2D eigenvalue weighted by molar-refractivity contribution is -0.155. The molecule has 1 saturated heterocycles. The van der Waals surface area contributed by atoms with E-state index in [1.165, 1.54) is 42.5 Å². The van der Waals surface area contributed by atoms with Crippen LogP contribution in [-0.2, 0) is 23.1 Å². The molecule has 37 heavy (non-hydrogen) atoms. The Morgan fingerprint density at radius 3 is 2.73 bits per heavy atom. The van der Waals surface area contributed by atoms with Crippen LogP contribution in [0.5, 0.6) is 17.2 Å². The normalized spacial score (nSPS) is 31.9. The van der Waals surface area contributed by atoms with Crippen LogP contribution < -0.4 is 14.2 Å². The summed E-state index contributed by atoms with van der Waals surface area (Å²) in [4.78, 5) is 16.4. The molecule has 2 saturated carbocycles. The van der Waals surface area contributed by atoms with Gasteiger partial charge < -0.3 is 14.2 Å². The van der Waals surface area contributed by atoms with E-state index in [0.29, 0.717) is 30.7 Å². The Labute approximate surface area is 220 Å². The number of likely N-dealkylation sites (tertiary alicyclic amines) is 1. The first kappa shape index (κ1) is 23.6. The molecule has 0 radical (unpaired) electrons. The minimum absolute atomic E-state index is 0.256. The van der Waals surface area contributed by atoms with E-state index in [0.717, 1.165) is 56.1 Å². The molecule has 5 aliphatic rings. The number of aryl methyl sites for hydroxylation is 1. The number of hydrogen-bond donors (Lipinski definition) is 0. The molecule has 196 valence electrons. The lowest BCUT2D eigenvalue weighted by atomic mass is 9.47. The molecule has 2 aromatic rings. The fourth-order valence-corrected chi connectivity index (χ4v) is 8.49. The van der Waals surface area contributed by atoms with Crippen molar-refractivity contribution in [2.75, 3.05) is 26.8 Å². The molecule has 4 atom stereocenters. The fraction of sp³-hybridized carbons (Fsp3) is 0.594. The first-order valence-corrected chi connectivity index (χ1v) is 14.4. The Bertz CT molecular complexity index is 1210. The molecule has 2 aromatic carbocycles. The quantitative estimate of drug-likeness (QED) is 0.447. The summed E-state index contributed by atoms with van der Waals surface area (Å²) in [5.41, 5.74) is 2.76. The van der Waals surface area contributed by atoms with E-state index in [1.807, 2.05) is 6.07 Å². The Kier molecular flexibility index (Phi) is 5.58. The monoisotopic (exact) mass is 501 g/mol. The van der Waals surface area contributed by atoms with Crippen molar-refractivity contribution in [3.05, 3.63) is 53.1 Å². The van der Waals surface area contributed by atoms with E-state index in [4.69, 9.17) is 14.2 Å². The predicted molar refractivity (Wildman–Crippen MR) is 143 cm³/mol. The highest BCUT2D eigenvalue weighted by atomic mass is 16.5.